The number of amides is 1. The molecule has 0 atom stereocenters. The molecule has 1 amide bonds. The molecule has 45 heavy (non-hydrogen) atoms. The number of nitrogens with zero attached hydrogens (tertiary/aromatic N) is 4. The molecule has 0 bridgehead atoms. The van der Waals surface area contributed by atoms with Crippen molar-refractivity contribution in [3.63, 3.8) is 0 Å². The first-order chi connectivity index (χ1) is 21.4. The topological polar surface area (TPSA) is 146 Å². The Balaban J connectivity index is 1.38. The molecule has 10 nitrogen and oxygen atoms in total. The van der Waals surface area contributed by atoms with Gasteiger partial charge in [-0.1, -0.05) is 19.9 Å². The highest BCUT2D eigenvalue weighted by Gasteiger charge is 2.19. The molecule has 230 valence electrons. The van der Waals surface area contributed by atoms with Crippen molar-refractivity contribution in [2.75, 3.05) is 17.3 Å². The first kappa shape index (κ1) is 30.0. The summed E-state index contributed by atoms with van der Waals surface area (Å²) in [6.07, 6.45) is 6.24. The average molecular weight is 630 g/mol. The van der Waals surface area contributed by atoms with E-state index in [1.165, 1.54) is 30.6 Å². The maximum absolute atomic E-state index is 15.3. The van der Waals surface area contributed by atoms with Crippen molar-refractivity contribution in [1.82, 2.24) is 30.1 Å². The molecule has 6 rings (SSSR count). The summed E-state index contributed by atoms with van der Waals surface area (Å²) in [5, 5.41) is 10.6. The van der Waals surface area contributed by atoms with Crippen LogP contribution in [0.25, 0.3) is 55.8 Å². The standard InChI is InChI=1S/C32H29F2N7O3S/c1-17(2)8-28(42)37-22-12-20(15-35-16-22)24-13-25-27(14-26(24)34)40-41-30(25)32-38-29-23(4-6-36-31(29)39-32)19-9-18(10-21(33)11-19)5-7-45(3,43)44/h4,6,9-17H,5,7-8H2,1-3H3,(H,37,42)(H,40,41)(H,36,38,39). The SMILES string of the molecule is CC(C)CC(=O)Nc1cncc(-c2cc3c(-c4nc5nccc(-c6cc(F)cc(CCS(C)(=O)=O)c6)c5[nH]4)n[nH]c3cc2F)c1. The van der Waals surface area contributed by atoms with Crippen LogP contribution in [-0.2, 0) is 21.1 Å². The quantitative estimate of drug-likeness (QED) is 0.176. The summed E-state index contributed by atoms with van der Waals surface area (Å²) in [6, 6.07) is 10.8. The number of aromatic nitrogens is 6. The summed E-state index contributed by atoms with van der Waals surface area (Å²) in [7, 11) is -3.22. The molecule has 0 spiro atoms. The molecular weight excluding hydrogens is 600 g/mol. The number of H-pyrrole nitrogens is 2. The van der Waals surface area contributed by atoms with E-state index in [1.807, 2.05) is 13.8 Å². The Hall–Kier alpha value is -5.04. The van der Waals surface area contributed by atoms with Gasteiger partial charge in [-0.25, -0.2) is 27.2 Å². The third-order valence-electron chi connectivity index (χ3n) is 7.22. The van der Waals surface area contributed by atoms with Crippen LogP contribution in [0.1, 0.15) is 25.8 Å². The van der Waals surface area contributed by atoms with E-state index < -0.39 is 21.5 Å². The van der Waals surface area contributed by atoms with Gasteiger partial charge in [-0.3, -0.25) is 14.9 Å². The Bertz CT molecular complexity index is 2190. The number of carbonyl (C=O) groups is 1. The van der Waals surface area contributed by atoms with E-state index in [-0.39, 0.29) is 29.6 Å². The summed E-state index contributed by atoms with van der Waals surface area (Å²) in [5.41, 5.74) is 4.62. The minimum Gasteiger partial charge on any atom is -0.335 e. The molecule has 0 aliphatic carbocycles. The number of imidazole rings is 1. The minimum atomic E-state index is -3.22. The van der Waals surface area contributed by atoms with Crippen molar-refractivity contribution in [3.05, 3.63) is 78.3 Å². The monoisotopic (exact) mass is 629 g/mol. The first-order valence-electron chi connectivity index (χ1n) is 14.2. The second-order valence-corrected chi connectivity index (χ2v) is 13.7. The van der Waals surface area contributed by atoms with Crippen LogP contribution >= 0.6 is 0 Å². The first-order valence-corrected chi connectivity index (χ1v) is 16.2. The van der Waals surface area contributed by atoms with E-state index in [1.54, 1.807) is 30.5 Å². The summed E-state index contributed by atoms with van der Waals surface area (Å²) in [6.45, 7) is 3.89. The van der Waals surface area contributed by atoms with E-state index in [0.29, 0.717) is 67.9 Å². The predicted octanol–water partition coefficient (Wildman–Crippen LogP) is 6.08. The number of carbonyl (C=O) groups excluding carboxylic acids is 1. The highest BCUT2D eigenvalue weighted by Crippen LogP contribution is 2.34. The van der Waals surface area contributed by atoms with Crippen molar-refractivity contribution in [3.8, 4) is 33.8 Å². The van der Waals surface area contributed by atoms with Gasteiger partial charge >= 0.3 is 0 Å². The van der Waals surface area contributed by atoms with Crippen molar-refractivity contribution < 1.29 is 22.0 Å². The second kappa shape index (κ2) is 11.8. The van der Waals surface area contributed by atoms with E-state index >= 15 is 4.39 Å². The fourth-order valence-electron chi connectivity index (χ4n) is 5.20. The van der Waals surface area contributed by atoms with Gasteiger partial charge in [0.15, 0.2) is 11.5 Å². The second-order valence-electron chi connectivity index (χ2n) is 11.4. The van der Waals surface area contributed by atoms with Crippen LogP contribution in [0.3, 0.4) is 0 Å². The minimum absolute atomic E-state index is 0.0994. The highest BCUT2D eigenvalue weighted by atomic mass is 32.2. The molecule has 2 aromatic carbocycles. The van der Waals surface area contributed by atoms with Gasteiger partial charge in [0, 0.05) is 53.2 Å². The van der Waals surface area contributed by atoms with Gasteiger partial charge in [0.25, 0.3) is 0 Å². The summed E-state index contributed by atoms with van der Waals surface area (Å²) < 4.78 is 53.3. The lowest BCUT2D eigenvalue weighted by atomic mass is 10.0. The molecule has 6 aromatic rings. The number of pyridine rings is 2. The molecule has 13 heteroatoms. The van der Waals surface area contributed by atoms with Crippen LogP contribution in [0.4, 0.5) is 14.5 Å². The number of nitrogens with one attached hydrogen (secondary N) is 3. The zero-order valence-corrected chi connectivity index (χ0v) is 25.5. The number of rotatable bonds is 9. The lowest BCUT2D eigenvalue weighted by Gasteiger charge is -2.09. The molecule has 0 radical (unpaired) electrons. The lowest BCUT2D eigenvalue weighted by Crippen LogP contribution is -2.14. The van der Waals surface area contributed by atoms with Crippen molar-refractivity contribution >= 4 is 43.5 Å². The molecular formula is C32H29F2N7O3S. The van der Waals surface area contributed by atoms with Crippen LogP contribution in [0.5, 0.6) is 0 Å². The van der Waals surface area contributed by atoms with Crippen molar-refractivity contribution in [1.29, 1.82) is 0 Å². The fraction of sp³-hybridized carbons (Fsp3) is 0.219. The highest BCUT2D eigenvalue weighted by molar-refractivity contribution is 7.90. The van der Waals surface area contributed by atoms with Crippen molar-refractivity contribution in [2.45, 2.75) is 26.7 Å². The third-order valence-corrected chi connectivity index (χ3v) is 8.17. The van der Waals surface area contributed by atoms with Gasteiger partial charge in [-0.15, -0.1) is 0 Å². The summed E-state index contributed by atoms with van der Waals surface area (Å²) in [5.74, 6) is -0.711. The Labute approximate surface area is 257 Å². The Kier molecular flexibility index (Phi) is 7.87. The number of sulfone groups is 1. The summed E-state index contributed by atoms with van der Waals surface area (Å²) >= 11 is 0. The van der Waals surface area contributed by atoms with Crippen LogP contribution in [-0.4, -0.2) is 56.5 Å². The number of hydrogen-bond acceptors (Lipinski definition) is 7. The third kappa shape index (κ3) is 6.58. The van der Waals surface area contributed by atoms with E-state index in [4.69, 9.17) is 0 Å². The van der Waals surface area contributed by atoms with Crippen molar-refractivity contribution in [2.24, 2.45) is 5.92 Å². The maximum atomic E-state index is 15.3. The zero-order chi connectivity index (χ0) is 31.9. The van der Waals surface area contributed by atoms with Gasteiger partial charge < -0.3 is 10.3 Å². The number of aryl methyl sites for hydroxylation is 1. The molecule has 0 aliphatic heterocycles. The predicted molar refractivity (Wildman–Crippen MR) is 169 cm³/mol. The van der Waals surface area contributed by atoms with E-state index in [0.717, 1.165) is 6.26 Å². The molecule has 4 heterocycles. The largest absolute Gasteiger partial charge is 0.335 e. The number of benzene rings is 2. The molecule has 0 unspecified atom stereocenters. The molecule has 3 N–H and O–H groups in total. The van der Waals surface area contributed by atoms with Gasteiger partial charge in [0.05, 0.1) is 28.7 Å². The van der Waals surface area contributed by atoms with Crippen LogP contribution < -0.4 is 5.32 Å². The van der Waals surface area contributed by atoms with E-state index in [9.17, 15) is 17.6 Å². The van der Waals surface area contributed by atoms with Crippen LogP contribution in [0.2, 0.25) is 0 Å². The normalized spacial score (nSPS) is 12.0. The number of anilines is 1. The number of halogens is 2. The Morgan fingerprint density at radius 1 is 1.02 bits per heavy atom. The van der Waals surface area contributed by atoms with Gasteiger partial charge in [0.2, 0.25) is 5.91 Å². The maximum Gasteiger partial charge on any atom is 0.224 e. The number of fused-ring (bicyclic) bond motifs is 2. The van der Waals surface area contributed by atoms with Crippen LogP contribution in [0.15, 0.2) is 61.1 Å². The van der Waals surface area contributed by atoms with Gasteiger partial charge in [-0.05, 0) is 53.8 Å². The van der Waals surface area contributed by atoms with Gasteiger partial charge in [0.1, 0.15) is 27.2 Å². The Morgan fingerprint density at radius 3 is 2.62 bits per heavy atom. The zero-order valence-electron chi connectivity index (χ0n) is 24.6. The average Bonchev–Trinajstić information content (AvgIpc) is 3.58. The molecule has 0 aliphatic rings. The van der Waals surface area contributed by atoms with Gasteiger partial charge in [-0.2, -0.15) is 5.10 Å². The number of hydrogen-bond donors (Lipinski definition) is 3. The molecule has 0 saturated heterocycles. The smallest absolute Gasteiger partial charge is 0.224 e. The molecule has 0 fully saturated rings. The summed E-state index contributed by atoms with van der Waals surface area (Å²) in [4.78, 5) is 28.7. The number of aromatic amines is 2. The molecule has 4 aromatic heterocycles. The lowest BCUT2D eigenvalue weighted by molar-refractivity contribution is -0.116. The van der Waals surface area contributed by atoms with Crippen LogP contribution in [0, 0.1) is 17.6 Å². The fourth-order valence-corrected chi connectivity index (χ4v) is 5.80. The molecule has 0 saturated carbocycles. The van der Waals surface area contributed by atoms with E-state index in [2.05, 4.69) is 35.5 Å². The Morgan fingerprint density at radius 2 is 1.84 bits per heavy atom.